The maximum Gasteiger partial charge on any atom is 0.232 e. The van der Waals surface area contributed by atoms with Gasteiger partial charge < -0.3 is 20.1 Å². The molecule has 0 aromatic carbocycles. The first-order chi connectivity index (χ1) is 11.5. The fourth-order valence-corrected chi connectivity index (χ4v) is 2.63. The SMILES string of the molecule is CCNC(=NCc1noc(C(C)(C)C)n1)NCCN1CCCCC1.I. The zero-order valence-corrected chi connectivity index (χ0v) is 18.3. The topological polar surface area (TPSA) is 78.6 Å². The van der Waals surface area contributed by atoms with Crippen molar-refractivity contribution in [1.82, 2.24) is 25.7 Å². The van der Waals surface area contributed by atoms with Crippen LogP contribution in [0.3, 0.4) is 0 Å². The Bertz CT molecular complexity index is 519. The highest BCUT2D eigenvalue weighted by Gasteiger charge is 2.21. The molecule has 1 aliphatic heterocycles. The predicted octanol–water partition coefficient (Wildman–Crippen LogP) is 2.53. The first kappa shape index (κ1) is 22.1. The Labute approximate surface area is 168 Å². The number of halogens is 1. The van der Waals surface area contributed by atoms with E-state index in [1.165, 1.54) is 32.4 Å². The summed E-state index contributed by atoms with van der Waals surface area (Å²) in [5.74, 6) is 2.07. The van der Waals surface area contributed by atoms with Crippen molar-refractivity contribution in [2.75, 3.05) is 32.7 Å². The molecule has 144 valence electrons. The summed E-state index contributed by atoms with van der Waals surface area (Å²) in [6, 6.07) is 0. The van der Waals surface area contributed by atoms with E-state index in [-0.39, 0.29) is 29.4 Å². The van der Waals surface area contributed by atoms with Gasteiger partial charge in [-0.3, -0.25) is 0 Å². The summed E-state index contributed by atoms with van der Waals surface area (Å²) in [7, 11) is 0. The van der Waals surface area contributed by atoms with Gasteiger partial charge in [-0.2, -0.15) is 4.98 Å². The van der Waals surface area contributed by atoms with Gasteiger partial charge in [0.25, 0.3) is 0 Å². The van der Waals surface area contributed by atoms with Crippen molar-refractivity contribution >= 4 is 29.9 Å². The average Bonchev–Trinajstić information content (AvgIpc) is 3.03. The Morgan fingerprint density at radius 2 is 1.92 bits per heavy atom. The Hall–Kier alpha value is -0.900. The van der Waals surface area contributed by atoms with E-state index in [4.69, 9.17) is 4.52 Å². The lowest BCUT2D eigenvalue weighted by Gasteiger charge is -2.26. The molecule has 25 heavy (non-hydrogen) atoms. The van der Waals surface area contributed by atoms with E-state index >= 15 is 0 Å². The van der Waals surface area contributed by atoms with Crippen LogP contribution in [0.4, 0.5) is 0 Å². The maximum atomic E-state index is 5.30. The zero-order valence-electron chi connectivity index (χ0n) is 16.0. The fraction of sp³-hybridized carbons (Fsp3) is 0.824. The minimum absolute atomic E-state index is 0. The van der Waals surface area contributed by atoms with E-state index in [1.807, 2.05) is 0 Å². The lowest BCUT2D eigenvalue weighted by molar-refractivity contribution is 0.232. The van der Waals surface area contributed by atoms with Crippen molar-refractivity contribution in [2.45, 2.75) is 58.9 Å². The van der Waals surface area contributed by atoms with Crippen molar-refractivity contribution in [3.63, 3.8) is 0 Å². The molecule has 1 aliphatic rings. The highest BCUT2D eigenvalue weighted by molar-refractivity contribution is 14.0. The molecule has 2 N–H and O–H groups in total. The first-order valence-electron chi connectivity index (χ1n) is 9.06. The van der Waals surface area contributed by atoms with E-state index in [0.717, 1.165) is 25.6 Å². The standard InChI is InChI=1S/C17H32N6O.HI/c1-5-18-16(19-9-12-23-10-7-6-8-11-23)20-13-14-21-15(24-22-14)17(2,3)4;/h5-13H2,1-4H3,(H2,18,19,20);1H. The smallest absolute Gasteiger partial charge is 0.232 e. The van der Waals surface area contributed by atoms with Gasteiger partial charge in [0.05, 0.1) is 0 Å². The molecule has 1 fully saturated rings. The first-order valence-corrected chi connectivity index (χ1v) is 9.06. The Balaban J connectivity index is 0.00000312. The third kappa shape index (κ3) is 7.89. The van der Waals surface area contributed by atoms with Crippen molar-refractivity contribution in [1.29, 1.82) is 0 Å². The van der Waals surface area contributed by atoms with Crippen LogP contribution in [0.1, 0.15) is 58.7 Å². The van der Waals surface area contributed by atoms with Gasteiger partial charge in [0.1, 0.15) is 6.54 Å². The van der Waals surface area contributed by atoms with E-state index in [2.05, 4.69) is 58.4 Å². The van der Waals surface area contributed by atoms with Crippen LogP contribution in [0.25, 0.3) is 0 Å². The second kappa shape index (κ2) is 10.9. The number of piperidine rings is 1. The molecule has 2 heterocycles. The quantitative estimate of drug-likeness (QED) is 0.383. The monoisotopic (exact) mass is 464 g/mol. The van der Waals surface area contributed by atoms with Crippen LogP contribution < -0.4 is 10.6 Å². The Kier molecular flexibility index (Phi) is 9.70. The van der Waals surface area contributed by atoms with Crippen LogP contribution >= 0.6 is 24.0 Å². The number of rotatable bonds is 6. The summed E-state index contributed by atoms with van der Waals surface area (Å²) in [6.07, 6.45) is 4.01. The van der Waals surface area contributed by atoms with E-state index < -0.39 is 0 Å². The molecular formula is C17H33IN6O. The predicted molar refractivity (Wildman–Crippen MR) is 112 cm³/mol. The molecule has 1 saturated heterocycles. The molecule has 0 spiro atoms. The molecular weight excluding hydrogens is 431 g/mol. The highest BCUT2D eigenvalue weighted by Crippen LogP contribution is 2.19. The normalized spacial score (nSPS) is 16.4. The third-order valence-corrected chi connectivity index (χ3v) is 4.00. The van der Waals surface area contributed by atoms with Gasteiger partial charge in [-0.05, 0) is 32.9 Å². The number of guanidine groups is 1. The van der Waals surface area contributed by atoms with Crippen LogP contribution in [0, 0.1) is 0 Å². The maximum absolute atomic E-state index is 5.30. The lowest BCUT2D eigenvalue weighted by atomic mass is 9.97. The van der Waals surface area contributed by atoms with Crippen molar-refractivity contribution in [3.05, 3.63) is 11.7 Å². The zero-order chi connectivity index (χ0) is 17.4. The van der Waals surface area contributed by atoms with Gasteiger partial charge in [-0.1, -0.05) is 32.3 Å². The molecule has 2 rings (SSSR count). The minimum Gasteiger partial charge on any atom is -0.357 e. The van der Waals surface area contributed by atoms with Gasteiger partial charge in [-0.15, -0.1) is 24.0 Å². The van der Waals surface area contributed by atoms with Crippen LogP contribution in [0.2, 0.25) is 0 Å². The van der Waals surface area contributed by atoms with Gasteiger partial charge in [0.15, 0.2) is 11.8 Å². The summed E-state index contributed by atoms with van der Waals surface area (Å²) in [6.45, 7) is 13.9. The number of nitrogens with zero attached hydrogens (tertiary/aromatic N) is 4. The summed E-state index contributed by atoms with van der Waals surface area (Å²) >= 11 is 0. The molecule has 0 bridgehead atoms. The molecule has 0 radical (unpaired) electrons. The van der Waals surface area contributed by atoms with Crippen LogP contribution in [-0.4, -0.2) is 53.7 Å². The lowest BCUT2D eigenvalue weighted by Crippen LogP contribution is -2.42. The van der Waals surface area contributed by atoms with Gasteiger partial charge in [-0.25, -0.2) is 4.99 Å². The van der Waals surface area contributed by atoms with Gasteiger partial charge in [0, 0.05) is 25.0 Å². The van der Waals surface area contributed by atoms with Crippen molar-refractivity contribution < 1.29 is 4.52 Å². The fourth-order valence-electron chi connectivity index (χ4n) is 2.63. The molecule has 8 heteroatoms. The third-order valence-electron chi connectivity index (χ3n) is 4.00. The molecule has 0 unspecified atom stereocenters. The summed E-state index contributed by atoms with van der Waals surface area (Å²) < 4.78 is 5.30. The van der Waals surface area contributed by atoms with E-state index in [9.17, 15) is 0 Å². The second-order valence-electron chi connectivity index (χ2n) is 7.29. The highest BCUT2D eigenvalue weighted by atomic mass is 127. The van der Waals surface area contributed by atoms with Gasteiger partial charge >= 0.3 is 0 Å². The molecule has 7 nitrogen and oxygen atoms in total. The minimum atomic E-state index is -0.133. The Morgan fingerprint density at radius 3 is 2.52 bits per heavy atom. The van der Waals surface area contributed by atoms with Crippen molar-refractivity contribution in [3.8, 4) is 0 Å². The van der Waals surface area contributed by atoms with E-state index in [1.54, 1.807) is 0 Å². The van der Waals surface area contributed by atoms with Crippen LogP contribution in [-0.2, 0) is 12.0 Å². The number of likely N-dealkylation sites (tertiary alicyclic amines) is 1. The molecule has 1 aromatic rings. The van der Waals surface area contributed by atoms with Crippen molar-refractivity contribution in [2.24, 2.45) is 4.99 Å². The summed E-state index contributed by atoms with van der Waals surface area (Å²) in [4.78, 5) is 11.5. The number of nitrogens with one attached hydrogen (secondary N) is 2. The number of hydrogen-bond acceptors (Lipinski definition) is 5. The molecule has 0 saturated carbocycles. The summed E-state index contributed by atoms with van der Waals surface area (Å²) in [5.41, 5.74) is -0.133. The molecule has 0 amide bonds. The molecule has 0 aliphatic carbocycles. The van der Waals surface area contributed by atoms with Crippen LogP contribution in [0.15, 0.2) is 9.52 Å². The van der Waals surface area contributed by atoms with Crippen LogP contribution in [0.5, 0.6) is 0 Å². The number of aliphatic imine (C=N–C) groups is 1. The second-order valence-corrected chi connectivity index (χ2v) is 7.29. The average molecular weight is 464 g/mol. The van der Waals surface area contributed by atoms with Gasteiger partial charge in [0.2, 0.25) is 5.89 Å². The van der Waals surface area contributed by atoms with E-state index in [0.29, 0.717) is 18.3 Å². The Morgan fingerprint density at radius 1 is 1.20 bits per heavy atom. The summed E-state index contributed by atoms with van der Waals surface area (Å²) in [5, 5.41) is 10.7. The largest absolute Gasteiger partial charge is 0.357 e. The number of aromatic nitrogens is 2. The number of hydrogen-bond donors (Lipinski definition) is 2. The molecule has 1 aromatic heterocycles. The molecule has 0 atom stereocenters.